The average molecular weight is 371 g/mol. The molecular formula is C19H34N2O3S. The molecule has 2 fully saturated rings. The molecule has 2 N–H and O–H groups in total. The zero-order valence-corrected chi connectivity index (χ0v) is 16.6. The Balaban J connectivity index is 2.00. The number of nitrogens with one attached hydrogen (secondary N) is 2. The molecule has 0 saturated heterocycles. The van der Waals surface area contributed by atoms with E-state index in [9.17, 15) is 9.59 Å². The molecule has 0 aromatic carbocycles. The van der Waals surface area contributed by atoms with Gasteiger partial charge in [-0.25, -0.2) is 0 Å². The van der Waals surface area contributed by atoms with Crippen molar-refractivity contribution in [2.45, 2.75) is 76.4 Å². The van der Waals surface area contributed by atoms with Crippen molar-refractivity contribution < 1.29 is 14.3 Å². The Morgan fingerprint density at radius 2 is 1.80 bits per heavy atom. The van der Waals surface area contributed by atoms with Crippen LogP contribution in [0.4, 0.5) is 0 Å². The first-order valence-electron chi connectivity index (χ1n) is 9.71. The topological polar surface area (TPSA) is 67.4 Å². The predicted molar refractivity (Wildman–Crippen MR) is 103 cm³/mol. The lowest BCUT2D eigenvalue weighted by atomic mass is 9.73. The van der Waals surface area contributed by atoms with Crippen molar-refractivity contribution in [1.29, 1.82) is 0 Å². The molecule has 0 spiro atoms. The highest BCUT2D eigenvalue weighted by atomic mass is 32.1. The molecule has 2 amide bonds. The van der Waals surface area contributed by atoms with Crippen LogP contribution >= 0.6 is 12.6 Å². The Morgan fingerprint density at radius 1 is 1.16 bits per heavy atom. The monoisotopic (exact) mass is 370 g/mol. The Hall–Kier alpha value is -0.750. The third kappa shape index (κ3) is 5.36. The number of carbonyl (C=O) groups excluding carboxylic acids is 2. The van der Waals surface area contributed by atoms with E-state index in [2.05, 4.69) is 23.3 Å². The van der Waals surface area contributed by atoms with Gasteiger partial charge in [0.25, 0.3) is 0 Å². The lowest BCUT2D eigenvalue weighted by molar-refractivity contribution is -0.137. The second kappa shape index (κ2) is 9.81. The molecule has 5 nitrogen and oxygen atoms in total. The van der Waals surface area contributed by atoms with Crippen molar-refractivity contribution >= 4 is 24.4 Å². The van der Waals surface area contributed by atoms with E-state index in [4.69, 9.17) is 4.74 Å². The number of hydrogen-bond acceptors (Lipinski definition) is 4. The number of amides is 2. The van der Waals surface area contributed by atoms with E-state index < -0.39 is 11.5 Å². The van der Waals surface area contributed by atoms with E-state index in [0.29, 0.717) is 11.7 Å². The molecule has 0 unspecified atom stereocenters. The van der Waals surface area contributed by atoms with Crippen LogP contribution in [-0.2, 0) is 14.3 Å². The molecule has 0 radical (unpaired) electrons. The average Bonchev–Trinajstić information content (AvgIpc) is 2.67. The van der Waals surface area contributed by atoms with Crippen LogP contribution in [0.5, 0.6) is 0 Å². The largest absolute Gasteiger partial charge is 0.381 e. The van der Waals surface area contributed by atoms with Gasteiger partial charge in [0, 0.05) is 19.9 Å². The summed E-state index contributed by atoms with van der Waals surface area (Å²) in [6.45, 7) is 0. The molecule has 0 heterocycles. The van der Waals surface area contributed by atoms with E-state index in [1.807, 2.05) is 0 Å². The lowest BCUT2D eigenvalue weighted by Crippen LogP contribution is -2.53. The SMILES string of the molecule is CNC(=O)[C@H](CC1CCCCC1)NC(=O)C1(CS)CCC(OC)CC1. The highest BCUT2D eigenvalue weighted by Crippen LogP contribution is 2.39. The number of ether oxygens (including phenoxy) is 1. The molecule has 2 saturated carbocycles. The summed E-state index contributed by atoms with van der Waals surface area (Å²) in [6, 6.07) is -0.433. The summed E-state index contributed by atoms with van der Waals surface area (Å²) in [4.78, 5) is 25.4. The van der Waals surface area contributed by atoms with Crippen LogP contribution in [0.2, 0.25) is 0 Å². The molecule has 1 atom stereocenters. The molecule has 0 aromatic heterocycles. The van der Waals surface area contributed by atoms with Gasteiger partial charge in [-0.1, -0.05) is 32.1 Å². The summed E-state index contributed by atoms with van der Waals surface area (Å²) in [5, 5.41) is 5.79. The van der Waals surface area contributed by atoms with E-state index in [-0.39, 0.29) is 17.9 Å². The minimum atomic E-state index is -0.475. The Kier molecular flexibility index (Phi) is 8.07. The van der Waals surface area contributed by atoms with Crippen LogP contribution in [0.3, 0.4) is 0 Å². The first-order chi connectivity index (χ1) is 12.0. The van der Waals surface area contributed by atoms with E-state index in [0.717, 1.165) is 44.9 Å². The number of rotatable bonds is 7. The Morgan fingerprint density at radius 3 is 2.32 bits per heavy atom. The summed E-state index contributed by atoms with van der Waals surface area (Å²) in [5.74, 6) is 0.951. The highest BCUT2D eigenvalue weighted by molar-refractivity contribution is 7.80. The van der Waals surface area contributed by atoms with E-state index in [1.165, 1.54) is 19.3 Å². The molecule has 2 rings (SSSR count). The molecule has 2 aliphatic rings. The summed E-state index contributed by atoms with van der Waals surface area (Å²) >= 11 is 4.47. The second-order valence-corrected chi connectivity index (χ2v) is 8.07. The minimum absolute atomic E-state index is 0.0125. The molecule has 25 heavy (non-hydrogen) atoms. The van der Waals surface area contributed by atoms with Crippen LogP contribution in [-0.4, -0.2) is 43.9 Å². The summed E-state index contributed by atoms with van der Waals surface area (Å²) in [6.07, 6.45) is 10.3. The molecule has 0 aromatic rings. The molecular weight excluding hydrogens is 336 g/mol. The smallest absolute Gasteiger partial charge is 0.242 e. The maximum absolute atomic E-state index is 13.0. The van der Waals surface area contributed by atoms with Gasteiger partial charge in [0.1, 0.15) is 6.04 Å². The van der Waals surface area contributed by atoms with Crippen molar-refractivity contribution in [2.24, 2.45) is 11.3 Å². The number of likely N-dealkylation sites (N-methyl/N-ethyl adjacent to an activating group) is 1. The van der Waals surface area contributed by atoms with Gasteiger partial charge in [0.15, 0.2) is 0 Å². The van der Waals surface area contributed by atoms with Crippen molar-refractivity contribution in [3.05, 3.63) is 0 Å². The Bertz CT molecular complexity index is 444. The van der Waals surface area contributed by atoms with Crippen molar-refractivity contribution in [3.63, 3.8) is 0 Å². The van der Waals surface area contributed by atoms with Gasteiger partial charge >= 0.3 is 0 Å². The van der Waals surface area contributed by atoms with Crippen molar-refractivity contribution in [2.75, 3.05) is 19.9 Å². The zero-order chi connectivity index (χ0) is 18.3. The van der Waals surface area contributed by atoms with E-state index >= 15 is 0 Å². The maximum Gasteiger partial charge on any atom is 0.242 e. The fourth-order valence-corrected chi connectivity index (χ4v) is 4.77. The van der Waals surface area contributed by atoms with Gasteiger partial charge in [-0.3, -0.25) is 9.59 Å². The number of carbonyl (C=O) groups is 2. The lowest BCUT2D eigenvalue weighted by Gasteiger charge is -2.38. The quantitative estimate of drug-likeness (QED) is 0.604. The van der Waals surface area contributed by atoms with E-state index in [1.54, 1.807) is 14.2 Å². The number of thiol groups is 1. The van der Waals surface area contributed by atoms with Gasteiger partial charge < -0.3 is 15.4 Å². The van der Waals surface area contributed by atoms with Crippen LogP contribution in [0.1, 0.15) is 64.2 Å². The second-order valence-electron chi connectivity index (χ2n) is 7.75. The highest BCUT2D eigenvalue weighted by Gasteiger charge is 2.42. The zero-order valence-electron chi connectivity index (χ0n) is 15.7. The van der Waals surface area contributed by atoms with Crippen LogP contribution in [0.25, 0.3) is 0 Å². The van der Waals surface area contributed by atoms with Gasteiger partial charge in [-0.2, -0.15) is 12.6 Å². The first-order valence-corrected chi connectivity index (χ1v) is 10.3. The number of hydrogen-bond donors (Lipinski definition) is 3. The third-order valence-electron chi connectivity index (χ3n) is 6.17. The fraction of sp³-hybridized carbons (Fsp3) is 0.895. The van der Waals surface area contributed by atoms with Crippen molar-refractivity contribution in [1.82, 2.24) is 10.6 Å². The summed E-state index contributed by atoms with van der Waals surface area (Å²) in [5.41, 5.74) is -0.475. The number of methoxy groups -OCH3 is 1. The van der Waals surface area contributed by atoms with Gasteiger partial charge in [0.2, 0.25) is 11.8 Å². The molecule has 2 aliphatic carbocycles. The summed E-state index contributed by atoms with van der Waals surface area (Å²) in [7, 11) is 3.37. The van der Waals surface area contributed by atoms with Gasteiger partial charge in [0.05, 0.1) is 11.5 Å². The standard InChI is InChI=1S/C19H34N2O3S/c1-20-17(22)16(12-14-6-4-3-5-7-14)21-18(23)19(13-25)10-8-15(24-2)9-11-19/h14-16,25H,3-13H2,1-2H3,(H,20,22)(H,21,23)/t15?,16-,19?/m0/s1. The predicted octanol–water partition coefficient (Wildman–Crippen LogP) is 2.69. The molecule has 6 heteroatoms. The van der Waals surface area contributed by atoms with Crippen molar-refractivity contribution in [3.8, 4) is 0 Å². The normalized spacial score (nSPS) is 29.0. The maximum atomic E-state index is 13.0. The molecule has 0 aliphatic heterocycles. The summed E-state index contributed by atoms with van der Waals surface area (Å²) < 4.78 is 5.43. The van der Waals surface area contributed by atoms with Gasteiger partial charge in [-0.05, 0) is 38.0 Å². The minimum Gasteiger partial charge on any atom is -0.381 e. The van der Waals surface area contributed by atoms with Crippen LogP contribution < -0.4 is 10.6 Å². The Labute approximate surface area is 157 Å². The first kappa shape index (κ1) is 20.6. The van der Waals surface area contributed by atoms with Crippen LogP contribution in [0.15, 0.2) is 0 Å². The molecule has 0 bridgehead atoms. The van der Waals surface area contributed by atoms with Crippen LogP contribution in [0, 0.1) is 11.3 Å². The third-order valence-corrected chi connectivity index (χ3v) is 6.77. The fourth-order valence-electron chi connectivity index (χ4n) is 4.31. The molecule has 144 valence electrons. The van der Waals surface area contributed by atoms with Gasteiger partial charge in [-0.15, -0.1) is 0 Å².